The molecule has 0 aliphatic carbocycles. The second-order valence-electron chi connectivity index (χ2n) is 5.23. The van der Waals surface area contributed by atoms with Crippen molar-refractivity contribution in [3.05, 3.63) is 24.0 Å². The summed E-state index contributed by atoms with van der Waals surface area (Å²) in [6.07, 6.45) is 1.90. The molecule has 2 N–H and O–H groups in total. The van der Waals surface area contributed by atoms with Gasteiger partial charge >= 0.3 is 0 Å². The zero-order valence-electron chi connectivity index (χ0n) is 12.2. The summed E-state index contributed by atoms with van der Waals surface area (Å²) in [7, 11) is 1.59. The summed E-state index contributed by atoms with van der Waals surface area (Å²) in [6, 6.07) is 3.44. The molecule has 0 saturated carbocycles. The summed E-state index contributed by atoms with van der Waals surface area (Å²) >= 11 is 0. The first-order valence-corrected chi connectivity index (χ1v) is 6.96. The quantitative estimate of drug-likeness (QED) is 0.832. The molecule has 1 aromatic rings. The summed E-state index contributed by atoms with van der Waals surface area (Å²) in [5.41, 5.74) is 0.635. The lowest BCUT2D eigenvalue weighted by atomic mass is 10.1. The van der Waals surface area contributed by atoms with Crippen LogP contribution in [-0.4, -0.2) is 54.0 Å². The molecule has 110 valence electrons. The minimum atomic E-state index is -0.447. The molecule has 1 atom stereocenters. The number of carbonyl (C=O) groups is 2. The maximum absolute atomic E-state index is 12.7. The van der Waals surface area contributed by atoms with Crippen molar-refractivity contribution in [1.29, 1.82) is 0 Å². The van der Waals surface area contributed by atoms with Crippen LogP contribution in [0.1, 0.15) is 30.4 Å². The van der Waals surface area contributed by atoms with Gasteiger partial charge in [0.15, 0.2) is 0 Å². The van der Waals surface area contributed by atoms with Gasteiger partial charge in [-0.1, -0.05) is 0 Å². The number of rotatable bonds is 3. The molecule has 0 aromatic carbocycles. The van der Waals surface area contributed by atoms with Gasteiger partial charge in [0.25, 0.3) is 5.91 Å². The first kappa shape index (κ1) is 14.6. The highest BCUT2D eigenvalue weighted by Gasteiger charge is 2.33. The van der Waals surface area contributed by atoms with Gasteiger partial charge in [0.05, 0.1) is 0 Å². The highest BCUT2D eigenvalue weighted by molar-refractivity contribution is 5.96. The van der Waals surface area contributed by atoms with Crippen LogP contribution in [0.2, 0.25) is 0 Å². The molecular weight excluding hydrogens is 256 g/mol. The van der Waals surface area contributed by atoms with Crippen LogP contribution in [0, 0.1) is 0 Å². The summed E-state index contributed by atoms with van der Waals surface area (Å²) in [6.45, 7) is 5.81. The van der Waals surface area contributed by atoms with Crippen molar-refractivity contribution in [3.63, 3.8) is 0 Å². The monoisotopic (exact) mass is 278 g/mol. The number of piperazine rings is 1. The van der Waals surface area contributed by atoms with Gasteiger partial charge in [0.2, 0.25) is 5.91 Å². The lowest BCUT2D eigenvalue weighted by molar-refractivity contribution is -0.125. The molecule has 1 fully saturated rings. The van der Waals surface area contributed by atoms with Gasteiger partial charge in [-0.25, -0.2) is 0 Å². The van der Waals surface area contributed by atoms with Crippen molar-refractivity contribution in [2.75, 3.05) is 26.7 Å². The molecule has 2 heterocycles. The van der Waals surface area contributed by atoms with Gasteiger partial charge in [-0.05, 0) is 26.0 Å². The molecule has 1 aliphatic heterocycles. The van der Waals surface area contributed by atoms with E-state index in [1.54, 1.807) is 11.9 Å². The zero-order valence-corrected chi connectivity index (χ0v) is 12.2. The second kappa shape index (κ2) is 6.09. The summed E-state index contributed by atoms with van der Waals surface area (Å²) in [5, 5.41) is 5.78. The Morgan fingerprint density at radius 2 is 2.20 bits per heavy atom. The van der Waals surface area contributed by atoms with Crippen LogP contribution in [-0.2, 0) is 4.79 Å². The fraction of sp³-hybridized carbons (Fsp3) is 0.571. The number of nitrogens with one attached hydrogen (secondary N) is 2. The summed E-state index contributed by atoms with van der Waals surface area (Å²) < 4.78 is 1.94. The van der Waals surface area contributed by atoms with Gasteiger partial charge < -0.3 is 20.1 Å². The first-order chi connectivity index (χ1) is 9.56. The van der Waals surface area contributed by atoms with Crippen molar-refractivity contribution in [2.45, 2.75) is 25.9 Å². The Bertz CT molecular complexity index is 495. The molecule has 0 spiro atoms. The molecule has 0 bridgehead atoms. The SMILES string of the molecule is CNC(=O)C1CNCCN1C(=O)c1cccn1C(C)C. The number of carbonyl (C=O) groups excluding carboxylic acids is 2. The van der Waals surface area contributed by atoms with Gasteiger partial charge in [0.1, 0.15) is 11.7 Å². The third kappa shape index (κ3) is 2.70. The van der Waals surface area contributed by atoms with E-state index in [0.29, 0.717) is 25.3 Å². The molecule has 2 rings (SSSR count). The Labute approximate surface area is 119 Å². The van der Waals surface area contributed by atoms with Crippen molar-refractivity contribution < 1.29 is 9.59 Å². The van der Waals surface area contributed by atoms with Gasteiger partial charge in [-0.15, -0.1) is 0 Å². The van der Waals surface area contributed by atoms with Crippen LogP contribution in [0.5, 0.6) is 0 Å². The molecule has 2 amide bonds. The fourth-order valence-electron chi connectivity index (χ4n) is 2.52. The summed E-state index contributed by atoms with van der Waals surface area (Å²) in [4.78, 5) is 26.3. The van der Waals surface area contributed by atoms with E-state index < -0.39 is 6.04 Å². The number of aromatic nitrogens is 1. The Kier molecular flexibility index (Phi) is 4.44. The van der Waals surface area contributed by atoms with Crippen molar-refractivity contribution in [3.8, 4) is 0 Å². The minimum absolute atomic E-state index is 0.0844. The zero-order chi connectivity index (χ0) is 14.7. The third-order valence-corrected chi connectivity index (χ3v) is 3.61. The Balaban J connectivity index is 2.25. The Morgan fingerprint density at radius 3 is 2.85 bits per heavy atom. The summed E-state index contributed by atoms with van der Waals surface area (Å²) in [5.74, 6) is -0.216. The number of amides is 2. The van der Waals surface area contributed by atoms with E-state index in [-0.39, 0.29) is 17.9 Å². The van der Waals surface area contributed by atoms with Crippen molar-refractivity contribution in [1.82, 2.24) is 20.1 Å². The predicted molar refractivity (Wildman–Crippen MR) is 76.6 cm³/mol. The number of hydrogen-bond donors (Lipinski definition) is 2. The molecule has 1 saturated heterocycles. The standard InChI is InChI=1S/C14H22N4O2/c1-10(2)17-7-4-5-11(17)14(20)18-8-6-16-9-12(18)13(19)15-3/h4-5,7,10,12,16H,6,8-9H2,1-3H3,(H,15,19). The third-order valence-electron chi connectivity index (χ3n) is 3.61. The van der Waals surface area contributed by atoms with Gasteiger partial charge in [-0.3, -0.25) is 9.59 Å². The number of nitrogens with zero attached hydrogens (tertiary/aromatic N) is 2. The predicted octanol–water partition coefficient (Wildman–Crippen LogP) is 0.229. The van der Waals surface area contributed by atoms with Crippen molar-refractivity contribution >= 4 is 11.8 Å². The molecule has 1 aliphatic rings. The largest absolute Gasteiger partial charge is 0.357 e. The Hall–Kier alpha value is -1.82. The first-order valence-electron chi connectivity index (χ1n) is 6.96. The average Bonchev–Trinajstić information content (AvgIpc) is 2.95. The average molecular weight is 278 g/mol. The Morgan fingerprint density at radius 1 is 1.45 bits per heavy atom. The van der Waals surface area contributed by atoms with E-state index in [2.05, 4.69) is 10.6 Å². The maximum Gasteiger partial charge on any atom is 0.271 e. The molecule has 20 heavy (non-hydrogen) atoms. The topological polar surface area (TPSA) is 66.4 Å². The highest BCUT2D eigenvalue weighted by atomic mass is 16.2. The molecule has 1 aromatic heterocycles. The molecular formula is C14H22N4O2. The van der Waals surface area contributed by atoms with E-state index in [4.69, 9.17) is 0 Å². The van der Waals surface area contributed by atoms with Crippen LogP contribution in [0.4, 0.5) is 0 Å². The smallest absolute Gasteiger partial charge is 0.271 e. The molecule has 6 heteroatoms. The van der Waals surface area contributed by atoms with E-state index >= 15 is 0 Å². The van der Waals surface area contributed by atoms with E-state index in [1.165, 1.54) is 0 Å². The lowest BCUT2D eigenvalue weighted by Crippen LogP contribution is -2.59. The molecule has 0 radical (unpaired) electrons. The van der Waals surface area contributed by atoms with Crippen LogP contribution in [0.25, 0.3) is 0 Å². The fourth-order valence-corrected chi connectivity index (χ4v) is 2.52. The van der Waals surface area contributed by atoms with Crippen molar-refractivity contribution in [2.24, 2.45) is 0 Å². The van der Waals surface area contributed by atoms with Crippen LogP contribution in [0.15, 0.2) is 18.3 Å². The number of likely N-dealkylation sites (N-methyl/N-ethyl adjacent to an activating group) is 1. The van der Waals surface area contributed by atoms with Crippen LogP contribution < -0.4 is 10.6 Å². The van der Waals surface area contributed by atoms with Crippen LogP contribution >= 0.6 is 0 Å². The lowest BCUT2D eigenvalue weighted by Gasteiger charge is -2.35. The highest BCUT2D eigenvalue weighted by Crippen LogP contribution is 2.15. The van der Waals surface area contributed by atoms with Crippen LogP contribution in [0.3, 0.4) is 0 Å². The molecule has 1 unspecified atom stereocenters. The number of hydrogen-bond acceptors (Lipinski definition) is 3. The maximum atomic E-state index is 12.7. The normalized spacial score (nSPS) is 19.2. The second-order valence-corrected chi connectivity index (χ2v) is 5.23. The minimum Gasteiger partial charge on any atom is -0.357 e. The van der Waals surface area contributed by atoms with Gasteiger partial charge in [0, 0.05) is 38.9 Å². The van der Waals surface area contributed by atoms with Gasteiger partial charge in [-0.2, -0.15) is 0 Å². The van der Waals surface area contributed by atoms with E-state index in [1.807, 2.05) is 36.7 Å². The van der Waals surface area contributed by atoms with E-state index in [9.17, 15) is 9.59 Å². The molecule has 6 nitrogen and oxygen atoms in total. The van der Waals surface area contributed by atoms with E-state index in [0.717, 1.165) is 0 Å².